The Morgan fingerprint density at radius 2 is 1.19 bits per heavy atom. The van der Waals surface area contributed by atoms with E-state index in [0.717, 1.165) is 65.9 Å². The van der Waals surface area contributed by atoms with Crippen LogP contribution in [0.5, 0.6) is 11.5 Å². The molecule has 6 aromatic carbocycles. The van der Waals surface area contributed by atoms with Gasteiger partial charge in [-0.1, -0.05) is 137 Å². The fourth-order valence-corrected chi connectivity index (χ4v) is 6.92. The van der Waals surface area contributed by atoms with E-state index in [4.69, 9.17) is 14.7 Å². The van der Waals surface area contributed by atoms with E-state index in [1.54, 1.807) is 0 Å². The van der Waals surface area contributed by atoms with Crippen molar-refractivity contribution in [3.05, 3.63) is 158 Å². The van der Waals surface area contributed by atoms with Crippen LogP contribution in [-0.2, 0) is 21.1 Å². The summed E-state index contributed by atoms with van der Waals surface area (Å²) in [6.07, 6.45) is 5.78. The Hall–Kier alpha value is -5.77. The first-order valence-electron chi connectivity index (χ1n) is 15.6. The van der Waals surface area contributed by atoms with Gasteiger partial charge < -0.3 is 13.5 Å². The van der Waals surface area contributed by atoms with E-state index in [1.807, 2.05) is 42.9 Å². The van der Waals surface area contributed by atoms with Gasteiger partial charge in [-0.3, -0.25) is 9.97 Å². The number of hydrogen-bond acceptors (Lipinski definition) is 3. The molecular formula is C42H24N4OPt. The van der Waals surface area contributed by atoms with Gasteiger partial charge in [-0.2, -0.15) is 0 Å². The third-order valence-corrected chi connectivity index (χ3v) is 9.07. The molecule has 0 fully saturated rings. The van der Waals surface area contributed by atoms with Gasteiger partial charge in [0.15, 0.2) is 0 Å². The number of pyridine rings is 2. The van der Waals surface area contributed by atoms with Crippen molar-refractivity contribution < 1.29 is 25.8 Å². The largest absolute Gasteiger partial charge is 2.00 e. The first kappa shape index (κ1) is 28.5. The summed E-state index contributed by atoms with van der Waals surface area (Å²) in [4.78, 5) is 9.62. The second-order valence-corrected chi connectivity index (χ2v) is 11.7. The molecule has 10 aromatic rings. The number of ether oxygens (including phenoxy) is 1. The van der Waals surface area contributed by atoms with Crippen LogP contribution in [0.1, 0.15) is 0 Å². The van der Waals surface area contributed by atoms with E-state index in [-0.39, 0.29) is 21.1 Å². The van der Waals surface area contributed by atoms with E-state index < -0.39 is 0 Å². The van der Waals surface area contributed by atoms with Crippen LogP contribution in [0, 0.1) is 12.1 Å². The fourth-order valence-electron chi connectivity index (χ4n) is 6.92. The number of imidazole rings is 2. The molecule has 5 nitrogen and oxygen atoms in total. The molecule has 0 amide bonds. The van der Waals surface area contributed by atoms with Gasteiger partial charge in [-0.15, -0.1) is 12.1 Å². The van der Waals surface area contributed by atoms with Gasteiger partial charge in [0.25, 0.3) is 0 Å². The molecule has 0 bridgehead atoms. The number of para-hydroxylation sites is 1. The molecule has 10 rings (SSSR count). The molecule has 0 saturated heterocycles. The average Bonchev–Trinajstić information content (AvgIpc) is 3.82. The van der Waals surface area contributed by atoms with Crippen LogP contribution >= 0.6 is 0 Å². The molecular weight excluding hydrogens is 772 g/mol. The summed E-state index contributed by atoms with van der Waals surface area (Å²) >= 11 is 0. The van der Waals surface area contributed by atoms with Gasteiger partial charge in [-0.25, -0.2) is 0 Å². The second kappa shape index (κ2) is 11.2. The van der Waals surface area contributed by atoms with Crippen LogP contribution in [0.15, 0.2) is 146 Å². The summed E-state index contributed by atoms with van der Waals surface area (Å²) < 4.78 is 10.8. The van der Waals surface area contributed by atoms with Gasteiger partial charge in [0.2, 0.25) is 0 Å². The van der Waals surface area contributed by atoms with Crippen molar-refractivity contribution >= 4 is 54.6 Å². The SMILES string of the molecule is [Pt+2].[c-]1c(Oc2[c-]c3c(cc2)c2ccccc2n2c(-c4ccccc4)cnc32)ccc2c1c1nccn1c1ccc(-c3ccccc3)cc21. The quantitative estimate of drug-likeness (QED) is 0.132. The van der Waals surface area contributed by atoms with Crippen molar-refractivity contribution in [1.29, 1.82) is 0 Å². The third-order valence-electron chi connectivity index (χ3n) is 9.07. The molecule has 0 aliphatic rings. The molecule has 48 heavy (non-hydrogen) atoms. The van der Waals surface area contributed by atoms with Gasteiger partial charge in [0.1, 0.15) is 0 Å². The summed E-state index contributed by atoms with van der Waals surface area (Å²) in [7, 11) is 0. The number of hydrogen-bond donors (Lipinski definition) is 0. The van der Waals surface area contributed by atoms with Crippen molar-refractivity contribution in [1.82, 2.24) is 18.8 Å². The molecule has 0 saturated carbocycles. The molecule has 0 aliphatic carbocycles. The maximum Gasteiger partial charge on any atom is 2.00 e. The first-order chi connectivity index (χ1) is 23.3. The van der Waals surface area contributed by atoms with E-state index in [1.165, 1.54) is 11.1 Å². The Morgan fingerprint density at radius 3 is 1.96 bits per heavy atom. The summed E-state index contributed by atoms with van der Waals surface area (Å²) in [6, 6.07) is 51.1. The molecule has 4 heterocycles. The molecule has 0 spiro atoms. The van der Waals surface area contributed by atoms with E-state index in [2.05, 4.69) is 124 Å². The zero-order valence-electron chi connectivity index (χ0n) is 25.4. The van der Waals surface area contributed by atoms with Crippen LogP contribution in [-0.4, -0.2) is 18.8 Å². The normalized spacial score (nSPS) is 11.6. The van der Waals surface area contributed by atoms with E-state index >= 15 is 0 Å². The fraction of sp³-hybridized carbons (Fsp3) is 0. The maximum absolute atomic E-state index is 6.49. The van der Waals surface area contributed by atoms with Crippen molar-refractivity contribution in [3.8, 4) is 33.9 Å². The molecule has 228 valence electrons. The Balaban J connectivity index is 0.00000314. The molecule has 0 unspecified atom stereocenters. The van der Waals surface area contributed by atoms with Crippen LogP contribution in [0.3, 0.4) is 0 Å². The van der Waals surface area contributed by atoms with Crippen molar-refractivity contribution in [2.75, 3.05) is 0 Å². The molecule has 4 aromatic heterocycles. The Bertz CT molecular complexity index is 2820. The predicted octanol–water partition coefficient (Wildman–Crippen LogP) is 10.3. The summed E-state index contributed by atoms with van der Waals surface area (Å²) in [6.45, 7) is 0. The molecule has 0 atom stereocenters. The van der Waals surface area contributed by atoms with Gasteiger partial charge in [0.05, 0.1) is 17.0 Å². The molecule has 0 radical (unpaired) electrons. The second-order valence-electron chi connectivity index (χ2n) is 11.7. The third kappa shape index (κ3) is 4.35. The van der Waals surface area contributed by atoms with Gasteiger partial charge in [-0.05, 0) is 39.6 Å². The summed E-state index contributed by atoms with van der Waals surface area (Å²) in [5.41, 5.74) is 8.36. The number of benzene rings is 6. The van der Waals surface area contributed by atoms with Gasteiger partial charge >= 0.3 is 21.1 Å². The van der Waals surface area contributed by atoms with E-state index in [0.29, 0.717) is 11.5 Å². The van der Waals surface area contributed by atoms with Crippen molar-refractivity contribution in [2.24, 2.45) is 0 Å². The Kier molecular flexibility index (Phi) is 6.63. The minimum absolute atomic E-state index is 0. The van der Waals surface area contributed by atoms with Crippen LogP contribution < -0.4 is 4.74 Å². The number of aromatic nitrogens is 4. The molecule has 0 N–H and O–H groups in total. The maximum atomic E-state index is 6.49. The van der Waals surface area contributed by atoms with Crippen LogP contribution in [0.25, 0.3) is 77.0 Å². The number of rotatable bonds is 4. The summed E-state index contributed by atoms with van der Waals surface area (Å²) in [5.74, 6) is 1.20. The number of fused-ring (bicyclic) bond motifs is 12. The first-order valence-corrected chi connectivity index (χ1v) is 15.6. The minimum Gasteiger partial charge on any atom is -0.497 e. The minimum atomic E-state index is 0. The van der Waals surface area contributed by atoms with E-state index in [9.17, 15) is 0 Å². The number of nitrogens with zero attached hydrogens (tertiary/aromatic N) is 4. The average molecular weight is 796 g/mol. The van der Waals surface area contributed by atoms with Crippen LogP contribution in [0.2, 0.25) is 0 Å². The smallest absolute Gasteiger partial charge is 0.497 e. The van der Waals surface area contributed by atoms with Crippen molar-refractivity contribution in [3.63, 3.8) is 0 Å². The standard InChI is InChI=1S/C42H24N4O.Pt/c1-3-9-27(10-4-1)29-15-20-38-35(23-29)33-19-17-30(24-36(33)41-43-21-22-45(38)41)47-31-16-18-32-34-13-7-8-14-39(34)46-40(28-11-5-2-6-12-28)26-44-42(46)37(32)25-31;/h1-23,26H;/q-2;+2. The molecule has 0 aliphatic heterocycles. The Labute approximate surface area is 290 Å². The molecule has 6 heteroatoms. The van der Waals surface area contributed by atoms with Crippen LogP contribution in [0.4, 0.5) is 0 Å². The summed E-state index contributed by atoms with van der Waals surface area (Å²) in [5, 5.41) is 6.22. The monoisotopic (exact) mass is 795 g/mol. The zero-order chi connectivity index (χ0) is 30.9. The zero-order valence-corrected chi connectivity index (χ0v) is 27.6. The predicted molar refractivity (Wildman–Crippen MR) is 189 cm³/mol. The van der Waals surface area contributed by atoms with Crippen molar-refractivity contribution in [2.45, 2.75) is 0 Å². The Morgan fingerprint density at radius 1 is 0.521 bits per heavy atom. The van der Waals surface area contributed by atoms with Gasteiger partial charge in [0, 0.05) is 41.1 Å². The topological polar surface area (TPSA) is 43.8 Å².